The molecule has 1 N–H and O–H groups in total. The van der Waals surface area contributed by atoms with E-state index < -0.39 is 0 Å². The summed E-state index contributed by atoms with van der Waals surface area (Å²) in [5, 5.41) is 12.8. The first kappa shape index (κ1) is 14.6. The summed E-state index contributed by atoms with van der Waals surface area (Å²) in [7, 11) is 0. The maximum Gasteiger partial charge on any atom is 0.0991 e. The highest BCUT2D eigenvalue weighted by Gasteiger charge is 2.58. The van der Waals surface area contributed by atoms with E-state index in [4.69, 9.17) is 5.26 Å². The number of benzene rings is 1. The van der Waals surface area contributed by atoms with E-state index in [1.807, 2.05) is 12.1 Å². The quantitative estimate of drug-likeness (QED) is 0.903. The molecule has 1 aromatic carbocycles. The van der Waals surface area contributed by atoms with Crippen LogP contribution in [0, 0.1) is 35.0 Å². The fraction of sp³-hybridized carbons (Fsp3) is 0.632. The Morgan fingerprint density at radius 2 is 2.10 bits per heavy atom. The predicted octanol–water partition coefficient (Wildman–Crippen LogP) is 4.17. The summed E-state index contributed by atoms with van der Waals surface area (Å²) in [4.78, 5) is 0. The van der Waals surface area contributed by atoms with Crippen molar-refractivity contribution in [3.63, 3.8) is 0 Å². The molecule has 2 aliphatic rings. The molecule has 2 heteroatoms. The Labute approximate surface area is 128 Å². The summed E-state index contributed by atoms with van der Waals surface area (Å²) >= 11 is 0. The van der Waals surface area contributed by atoms with Crippen LogP contribution in [0.3, 0.4) is 0 Å². The highest BCUT2D eigenvalue weighted by Crippen LogP contribution is 2.62. The molecule has 112 valence electrons. The second-order valence-electron chi connectivity index (χ2n) is 7.98. The Balaban J connectivity index is 1.75. The van der Waals surface area contributed by atoms with Crippen LogP contribution < -0.4 is 5.32 Å². The van der Waals surface area contributed by atoms with Crippen LogP contribution in [0.2, 0.25) is 0 Å². The second-order valence-corrected chi connectivity index (χ2v) is 7.98. The minimum absolute atomic E-state index is 0.396. The van der Waals surface area contributed by atoms with Crippen molar-refractivity contribution in [2.45, 2.75) is 59.5 Å². The van der Waals surface area contributed by atoms with Gasteiger partial charge in [-0.15, -0.1) is 0 Å². The van der Waals surface area contributed by atoms with Gasteiger partial charge in [-0.05, 0) is 66.2 Å². The molecule has 0 saturated heterocycles. The highest BCUT2D eigenvalue weighted by atomic mass is 15.0. The van der Waals surface area contributed by atoms with Crippen LogP contribution in [-0.4, -0.2) is 6.04 Å². The number of hydrogen-bond donors (Lipinski definition) is 1. The lowest BCUT2D eigenvalue weighted by molar-refractivity contribution is 0.108. The maximum absolute atomic E-state index is 8.96. The molecule has 3 rings (SSSR count). The van der Waals surface area contributed by atoms with Crippen LogP contribution in [0.1, 0.15) is 56.7 Å². The molecule has 2 aliphatic carbocycles. The number of aryl methyl sites for hydroxylation is 1. The highest BCUT2D eigenvalue weighted by molar-refractivity contribution is 5.37. The molecule has 3 atom stereocenters. The van der Waals surface area contributed by atoms with E-state index in [1.165, 1.54) is 30.4 Å². The van der Waals surface area contributed by atoms with E-state index in [9.17, 15) is 0 Å². The number of fused-ring (bicyclic) bond motifs is 2. The summed E-state index contributed by atoms with van der Waals surface area (Å²) in [5.41, 5.74) is 4.15. The minimum atomic E-state index is 0.396. The van der Waals surface area contributed by atoms with Crippen molar-refractivity contribution >= 4 is 0 Å². The Bertz CT molecular complexity index is 591. The third-order valence-electron chi connectivity index (χ3n) is 6.24. The molecule has 2 fully saturated rings. The molecule has 0 spiro atoms. The molecule has 0 heterocycles. The van der Waals surface area contributed by atoms with E-state index in [1.54, 1.807) is 0 Å². The molecule has 2 saturated carbocycles. The van der Waals surface area contributed by atoms with Crippen molar-refractivity contribution < 1.29 is 0 Å². The summed E-state index contributed by atoms with van der Waals surface area (Å²) in [6.07, 6.45) is 4.15. The first-order valence-corrected chi connectivity index (χ1v) is 8.10. The van der Waals surface area contributed by atoms with Gasteiger partial charge in [0.25, 0.3) is 0 Å². The molecular formula is C19H26N2. The van der Waals surface area contributed by atoms with E-state index in [0.717, 1.165) is 18.0 Å². The molecule has 0 radical (unpaired) electrons. The van der Waals surface area contributed by atoms with Gasteiger partial charge < -0.3 is 5.32 Å². The SMILES string of the molecule is Cc1cc(C#N)ccc1CNC1C2(C)CCC(C2)C1(C)C. The van der Waals surface area contributed by atoms with Crippen molar-refractivity contribution in [1.29, 1.82) is 5.26 Å². The number of hydrogen-bond acceptors (Lipinski definition) is 2. The van der Waals surface area contributed by atoms with Gasteiger partial charge in [0.2, 0.25) is 0 Å². The zero-order chi connectivity index (χ0) is 15.3. The smallest absolute Gasteiger partial charge is 0.0991 e. The van der Waals surface area contributed by atoms with E-state index >= 15 is 0 Å². The van der Waals surface area contributed by atoms with Crippen LogP contribution in [0.5, 0.6) is 0 Å². The molecule has 0 amide bonds. The third-order valence-corrected chi connectivity index (χ3v) is 6.24. The Kier molecular flexibility index (Phi) is 3.37. The van der Waals surface area contributed by atoms with Gasteiger partial charge in [-0.3, -0.25) is 0 Å². The molecule has 0 aromatic heterocycles. The summed E-state index contributed by atoms with van der Waals surface area (Å²) in [6.45, 7) is 10.3. The van der Waals surface area contributed by atoms with Gasteiger partial charge in [0.05, 0.1) is 11.6 Å². The lowest BCUT2D eigenvalue weighted by atomic mass is 9.68. The van der Waals surface area contributed by atoms with Gasteiger partial charge in [0.1, 0.15) is 0 Å². The van der Waals surface area contributed by atoms with Crippen molar-refractivity contribution in [2.75, 3.05) is 0 Å². The Hall–Kier alpha value is -1.33. The topological polar surface area (TPSA) is 35.8 Å². The largest absolute Gasteiger partial charge is 0.309 e. The van der Waals surface area contributed by atoms with Crippen molar-refractivity contribution in [3.8, 4) is 6.07 Å². The zero-order valence-corrected chi connectivity index (χ0v) is 13.7. The van der Waals surface area contributed by atoms with E-state index in [2.05, 4.69) is 45.1 Å². The maximum atomic E-state index is 8.96. The van der Waals surface area contributed by atoms with Crippen LogP contribution >= 0.6 is 0 Å². The molecule has 21 heavy (non-hydrogen) atoms. The Morgan fingerprint density at radius 1 is 1.33 bits per heavy atom. The number of rotatable bonds is 3. The van der Waals surface area contributed by atoms with Gasteiger partial charge in [-0.25, -0.2) is 0 Å². The lowest BCUT2D eigenvalue weighted by Gasteiger charge is -2.43. The first-order chi connectivity index (χ1) is 9.87. The van der Waals surface area contributed by atoms with Gasteiger partial charge in [-0.1, -0.05) is 26.8 Å². The fourth-order valence-electron chi connectivity index (χ4n) is 4.99. The van der Waals surface area contributed by atoms with Gasteiger partial charge in [-0.2, -0.15) is 5.26 Å². The standard InChI is InChI=1S/C19H26N2/c1-13-9-14(11-20)5-6-15(13)12-21-17-18(2,3)16-7-8-19(17,4)10-16/h5-6,9,16-17,21H,7-8,10,12H2,1-4H3. The fourth-order valence-corrected chi connectivity index (χ4v) is 4.99. The average Bonchev–Trinajstić information content (AvgIpc) is 2.91. The molecular weight excluding hydrogens is 256 g/mol. The van der Waals surface area contributed by atoms with Crippen LogP contribution in [0.15, 0.2) is 18.2 Å². The van der Waals surface area contributed by atoms with Crippen LogP contribution in [-0.2, 0) is 6.54 Å². The average molecular weight is 282 g/mol. The van der Waals surface area contributed by atoms with Crippen molar-refractivity contribution in [2.24, 2.45) is 16.7 Å². The number of nitrogens with zero attached hydrogens (tertiary/aromatic N) is 1. The van der Waals surface area contributed by atoms with E-state index in [0.29, 0.717) is 16.9 Å². The van der Waals surface area contributed by atoms with Gasteiger partial charge in [0.15, 0.2) is 0 Å². The first-order valence-electron chi connectivity index (χ1n) is 8.10. The third kappa shape index (κ3) is 2.28. The zero-order valence-electron chi connectivity index (χ0n) is 13.7. The minimum Gasteiger partial charge on any atom is -0.309 e. The summed E-state index contributed by atoms with van der Waals surface area (Å²) in [6, 6.07) is 8.83. The predicted molar refractivity (Wildman–Crippen MR) is 85.8 cm³/mol. The van der Waals surface area contributed by atoms with Crippen LogP contribution in [0.4, 0.5) is 0 Å². The number of nitrogens with one attached hydrogen (secondary N) is 1. The molecule has 2 bridgehead atoms. The number of nitriles is 1. The van der Waals surface area contributed by atoms with Crippen molar-refractivity contribution in [1.82, 2.24) is 5.32 Å². The normalized spacial score (nSPS) is 33.1. The summed E-state index contributed by atoms with van der Waals surface area (Å²) < 4.78 is 0. The molecule has 0 aliphatic heterocycles. The Morgan fingerprint density at radius 3 is 2.67 bits per heavy atom. The van der Waals surface area contributed by atoms with Crippen molar-refractivity contribution in [3.05, 3.63) is 34.9 Å². The van der Waals surface area contributed by atoms with E-state index in [-0.39, 0.29) is 0 Å². The van der Waals surface area contributed by atoms with Crippen LogP contribution in [0.25, 0.3) is 0 Å². The molecule has 1 aromatic rings. The molecule has 2 nitrogen and oxygen atoms in total. The lowest BCUT2D eigenvalue weighted by Crippen LogP contribution is -2.50. The summed E-state index contributed by atoms with van der Waals surface area (Å²) in [5.74, 6) is 0.877. The monoisotopic (exact) mass is 282 g/mol. The van der Waals surface area contributed by atoms with Gasteiger partial charge >= 0.3 is 0 Å². The van der Waals surface area contributed by atoms with Gasteiger partial charge in [0, 0.05) is 12.6 Å². The second kappa shape index (κ2) is 4.85. The molecule has 3 unspecified atom stereocenters.